The molecule has 0 saturated heterocycles. The lowest BCUT2D eigenvalue weighted by atomic mass is 10.9. The van der Waals surface area contributed by atoms with Gasteiger partial charge in [0.2, 0.25) is 0 Å². The Morgan fingerprint density at radius 1 is 2.00 bits per heavy atom. The van der Waals surface area contributed by atoms with Gasteiger partial charge in [-0.25, -0.2) is 11.0 Å². The Bertz CT molecular complexity index is 115. The molecule has 0 saturated carbocycles. The van der Waals surface area contributed by atoms with Gasteiger partial charge in [-0.15, -0.1) is 11.6 Å². The van der Waals surface area contributed by atoms with Crippen LogP contribution < -0.4 is 5.84 Å². The summed E-state index contributed by atoms with van der Waals surface area (Å²) in [5, 5.41) is 6.14. The molecule has 1 aliphatic heterocycles. The summed E-state index contributed by atoms with van der Waals surface area (Å²) < 4.78 is 0. The molecule has 0 unspecified atom stereocenters. The number of hydrazone groups is 1. The molecule has 8 heavy (non-hydrogen) atoms. The standard InChI is InChI=1S/C3H6ClN3S/c4-1-3-6-7(5)2-8-3/h1-2,5H2. The van der Waals surface area contributed by atoms with E-state index in [0.29, 0.717) is 5.88 Å². The monoisotopic (exact) mass is 151 g/mol. The van der Waals surface area contributed by atoms with Gasteiger partial charge in [0.1, 0.15) is 10.9 Å². The highest BCUT2D eigenvalue weighted by atomic mass is 35.5. The first-order chi connectivity index (χ1) is 3.83. The minimum atomic E-state index is 0.471. The van der Waals surface area contributed by atoms with Crippen LogP contribution in [0.2, 0.25) is 0 Å². The van der Waals surface area contributed by atoms with E-state index in [9.17, 15) is 0 Å². The first-order valence-electron chi connectivity index (χ1n) is 2.11. The van der Waals surface area contributed by atoms with Gasteiger partial charge in [0.05, 0.1) is 5.88 Å². The third kappa shape index (κ3) is 1.27. The van der Waals surface area contributed by atoms with Crippen molar-refractivity contribution in [2.24, 2.45) is 10.9 Å². The van der Waals surface area contributed by atoms with Crippen molar-refractivity contribution in [1.82, 2.24) is 5.12 Å². The molecular weight excluding hydrogens is 146 g/mol. The number of nitrogens with two attached hydrogens (primary N) is 1. The lowest BCUT2D eigenvalue weighted by Crippen LogP contribution is -2.20. The van der Waals surface area contributed by atoms with Gasteiger partial charge in [0, 0.05) is 0 Å². The number of thioether (sulfide) groups is 1. The fourth-order valence-corrected chi connectivity index (χ4v) is 1.27. The molecule has 0 spiro atoms. The van der Waals surface area contributed by atoms with E-state index in [1.54, 1.807) is 11.8 Å². The predicted molar refractivity (Wildman–Crippen MR) is 36.6 cm³/mol. The summed E-state index contributed by atoms with van der Waals surface area (Å²) >= 11 is 7.01. The second-order valence-electron chi connectivity index (χ2n) is 1.34. The molecular formula is C3H6ClN3S. The number of halogens is 1. The number of hydrogen-bond donors (Lipinski definition) is 1. The average molecular weight is 152 g/mol. The molecule has 3 nitrogen and oxygen atoms in total. The van der Waals surface area contributed by atoms with Crippen LogP contribution in [0, 0.1) is 0 Å². The zero-order valence-corrected chi connectivity index (χ0v) is 5.74. The molecule has 0 aromatic heterocycles. The van der Waals surface area contributed by atoms with E-state index in [1.807, 2.05) is 0 Å². The van der Waals surface area contributed by atoms with Crippen molar-refractivity contribution in [3.8, 4) is 0 Å². The molecule has 2 N–H and O–H groups in total. The van der Waals surface area contributed by atoms with E-state index in [-0.39, 0.29) is 0 Å². The third-order valence-corrected chi connectivity index (χ3v) is 2.08. The molecule has 46 valence electrons. The first-order valence-corrected chi connectivity index (χ1v) is 3.63. The second kappa shape index (κ2) is 2.57. The first kappa shape index (κ1) is 6.19. The van der Waals surface area contributed by atoms with Crippen LogP contribution in [0.15, 0.2) is 5.10 Å². The number of alkyl halides is 1. The molecule has 0 aromatic carbocycles. The van der Waals surface area contributed by atoms with E-state index < -0.39 is 0 Å². The minimum absolute atomic E-state index is 0.471. The van der Waals surface area contributed by atoms with Crippen LogP contribution in [-0.4, -0.2) is 21.9 Å². The summed E-state index contributed by atoms with van der Waals surface area (Å²) in [7, 11) is 0. The minimum Gasteiger partial charge on any atom is -0.230 e. The van der Waals surface area contributed by atoms with Gasteiger partial charge < -0.3 is 0 Å². The van der Waals surface area contributed by atoms with Gasteiger partial charge >= 0.3 is 0 Å². The highest BCUT2D eigenvalue weighted by Crippen LogP contribution is 2.13. The van der Waals surface area contributed by atoms with Crippen molar-refractivity contribution in [3.63, 3.8) is 0 Å². The van der Waals surface area contributed by atoms with Crippen molar-refractivity contribution >= 4 is 28.4 Å². The molecule has 1 aliphatic rings. The van der Waals surface area contributed by atoms with Crippen LogP contribution in [0.1, 0.15) is 0 Å². The van der Waals surface area contributed by atoms with Crippen molar-refractivity contribution in [2.45, 2.75) is 0 Å². The molecule has 0 bridgehead atoms. The summed E-state index contributed by atoms with van der Waals surface area (Å²) in [6.45, 7) is 0. The van der Waals surface area contributed by atoms with Gasteiger partial charge in [0.25, 0.3) is 0 Å². The van der Waals surface area contributed by atoms with Crippen LogP contribution in [0.4, 0.5) is 0 Å². The summed E-state index contributed by atoms with van der Waals surface area (Å²) in [6, 6.07) is 0. The molecule has 0 aliphatic carbocycles. The van der Waals surface area contributed by atoms with E-state index in [4.69, 9.17) is 17.4 Å². The molecule has 1 heterocycles. The fourth-order valence-electron chi connectivity index (χ4n) is 0.407. The Balaban J connectivity index is 2.44. The lowest BCUT2D eigenvalue weighted by molar-refractivity contribution is 0.364. The Hall–Kier alpha value is 0.0700. The summed E-state index contributed by atoms with van der Waals surface area (Å²) in [5.74, 6) is 6.46. The number of hydrogen-bond acceptors (Lipinski definition) is 4. The van der Waals surface area contributed by atoms with E-state index in [1.165, 1.54) is 5.12 Å². The third-order valence-electron chi connectivity index (χ3n) is 0.718. The van der Waals surface area contributed by atoms with Gasteiger partial charge in [-0.1, -0.05) is 11.8 Å². The lowest BCUT2D eigenvalue weighted by Gasteiger charge is -1.98. The van der Waals surface area contributed by atoms with Gasteiger partial charge in [-0.2, -0.15) is 5.10 Å². The maximum absolute atomic E-state index is 5.44. The Morgan fingerprint density at radius 2 is 2.75 bits per heavy atom. The predicted octanol–water partition coefficient (Wildman–Crippen LogP) is 0.419. The summed E-state index contributed by atoms with van der Waals surface area (Å²) in [4.78, 5) is 0. The Morgan fingerprint density at radius 3 is 3.00 bits per heavy atom. The van der Waals surface area contributed by atoms with Gasteiger partial charge in [-0.05, 0) is 0 Å². The molecule has 0 atom stereocenters. The van der Waals surface area contributed by atoms with E-state index in [0.717, 1.165) is 10.9 Å². The summed E-state index contributed by atoms with van der Waals surface area (Å²) in [5.41, 5.74) is 0. The SMILES string of the molecule is NN1CSC(CCl)=N1. The molecule has 0 fully saturated rings. The van der Waals surface area contributed by atoms with Crippen molar-refractivity contribution in [2.75, 3.05) is 11.8 Å². The van der Waals surface area contributed by atoms with E-state index in [2.05, 4.69) is 5.10 Å². The molecule has 1 rings (SSSR count). The largest absolute Gasteiger partial charge is 0.230 e. The van der Waals surface area contributed by atoms with Crippen LogP contribution in [-0.2, 0) is 0 Å². The smallest absolute Gasteiger partial charge is 0.112 e. The quantitative estimate of drug-likeness (QED) is 0.436. The van der Waals surface area contributed by atoms with Crippen molar-refractivity contribution in [3.05, 3.63) is 0 Å². The zero-order chi connectivity index (χ0) is 5.98. The van der Waals surface area contributed by atoms with Crippen LogP contribution in [0.5, 0.6) is 0 Å². The van der Waals surface area contributed by atoms with Crippen LogP contribution in [0.25, 0.3) is 0 Å². The van der Waals surface area contributed by atoms with Crippen LogP contribution in [0.3, 0.4) is 0 Å². The molecule has 0 aromatic rings. The van der Waals surface area contributed by atoms with E-state index >= 15 is 0 Å². The maximum atomic E-state index is 5.44. The topological polar surface area (TPSA) is 41.6 Å². The van der Waals surface area contributed by atoms with Crippen molar-refractivity contribution < 1.29 is 0 Å². The fraction of sp³-hybridized carbons (Fsp3) is 0.667. The highest BCUT2D eigenvalue weighted by Gasteiger charge is 2.09. The van der Waals surface area contributed by atoms with Gasteiger partial charge in [0.15, 0.2) is 0 Å². The average Bonchev–Trinajstić information content (AvgIpc) is 2.14. The maximum Gasteiger partial charge on any atom is 0.112 e. The zero-order valence-electron chi connectivity index (χ0n) is 4.17. The normalized spacial score (nSPS) is 19.2. The number of hydrazine groups is 1. The van der Waals surface area contributed by atoms with Gasteiger partial charge in [-0.3, -0.25) is 0 Å². The second-order valence-corrected chi connectivity index (χ2v) is 2.63. The molecule has 0 radical (unpaired) electrons. The Kier molecular flexibility index (Phi) is 1.99. The molecule has 5 heteroatoms. The van der Waals surface area contributed by atoms with Crippen molar-refractivity contribution in [1.29, 1.82) is 0 Å². The highest BCUT2D eigenvalue weighted by molar-refractivity contribution is 8.14. The number of rotatable bonds is 1. The van der Waals surface area contributed by atoms with Crippen LogP contribution >= 0.6 is 23.4 Å². The number of nitrogens with zero attached hydrogens (tertiary/aromatic N) is 2. The summed E-state index contributed by atoms with van der Waals surface area (Å²) in [6.07, 6.45) is 0. The Labute approximate surface area is 56.8 Å². The molecule has 0 amide bonds.